The smallest absolute Gasteiger partial charge is 0.303 e. The molecule has 0 radical (unpaired) electrons. The van der Waals surface area contributed by atoms with Gasteiger partial charge in [-0.3, -0.25) is 9.59 Å². The summed E-state index contributed by atoms with van der Waals surface area (Å²) in [4.78, 5) is 21.8. The van der Waals surface area contributed by atoms with E-state index in [9.17, 15) is 14.7 Å². The van der Waals surface area contributed by atoms with E-state index in [1.807, 2.05) is 0 Å². The molecule has 2 fully saturated rings. The van der Waals surface area contributed by atoms with Gasteiger partial charge in [-0.05, 0) is 49.4 Å². The van der Waals surface area contributed by atoms with E-state index in [-0.39, 0.29) is 12.8 Å². The zero-order valence-corrected chi connectivity index (χ0v) is 20.9. The van der Waals surface area contributed by atoms with E-state index in [1.165, 1.54) is 89.9 Å². The highest BCUT2D eigenvalue weighted by Crippen LogP contribution is 2.42. The quantitative estimate of drug-likeness (QED) is 0.197. The summed E-state index contributed by atoms with van der Waals surface area (Å²) in [5.74, 6) is 0.619. The van der Waals surface area contributed by atoms with Crippen molar-refractivity contribution in [2.24, 2.45) is 23.7 Å². The summed E-state index contributed by atoms with van der Waals surface area (Å²) in [7, 11) is 0. The number of rotatable bonds is 17. The summed E-state index contributed by atoms with van der Waals surface area (Å²) in [5.41, 5.74) is 0. The molecule has 2 aliphatic carbocycles. The molecule has 1 unspecified atom stereocenters. The number of hydrogen-bond acceptors (Lipinski definition) is 3. The van der Waals surface area contributed by atoms with Crippen molar-refractivity contribution in [1.29, 1.82) is 0 Å². The topological polar surface area (TPSA) is 94.8 Å². The first-order valence-corrected chi connectivity index (χ1v) is 14.1. The molecule has 3 N–H and O–H groups in total. The summed E-state index contributed by atoms with van der Waals surface area (Å²) in [6.07, 6.45) is 23.0. The zero-order chi connectivity index (χ0) is 23.9. The minimum Gasteiger partial charge on any atom is -0.481 e. The summed E-state index contributed by atoms with van der Waals surface area (Å²) < 4.78 is 0. The predicted octanol–water partition coefficient (Wildman–Crippen LogP) is 7.20. The van der Waals surface area contributed by atoms with Gasteiger partial charge in [-0.15, -0.1) is 0 Å². The van der Waals surface area contributed by atoms with Crippen LogP contribution in [0.4, 0.5) is 0 Å². The van der Waals surface area contributed by atoms with Crippen LogP contribution >= 0.6 is 0 Å². The minimum absolute atomic E-state index is 0.137. The molecular weight excluding hydrogens is 416 g/mol. The molecule has 0 amide bonds. The Kier molecular flexibility index (Phi) is 14.1. The Bertz CT molecular complexity index is 502. The summed E-state index contributed by atoms with van der Waals surface area (Å²) in [6, 6.07) is 0. The van der Waals surface area contributed by atoms with Gasteiger partial charge in [-0.2, -0.15) is 0 Å². The summed E-state index contributed by atoms with van der Waals surface area (Å²) in [6.45, 7) is 0. The highest BCUT2D eigenvalue weighted by Gasteiger charge is 2.30. The average Bonchev–Trinajstić information content (AvgIpc) is 2.80. The molecule has 0 heterocycles. The van der Waals surface area contributed by atoms with Gasteiger partial charge in [0, 0.05) is 12.8 Å². The Morgan fingerprint density at radius 3 is 1.55 bits per heavy atom. The van der Waals surface area contributed by atoms with Gasteiger partial charge in [0.05, 0.1) is 6.10 Å². The standard InChI is InChI=1S/C28H50O5/c29-25(19-18-22(20-27(30)31)21-28(32)33)16-10-2-1-3-11-17-26(23-12-6-4-7-13-23)24-14-8-5-9-15-24/h22-26,29H,1-21H2,(H,30,31)(H,32,33). The van der Waals surface area contributed by atoms with Crippen LogP contribution in [0.3, 0.4) is 0 Å². The van der Waals surface area contributed by atoms with Crippen molar-refractivity contribution >= 4 is 11.9 Å². The molecule has 0 saturated heterocycles. The lowest BCUT2D eigenvalue weighted by Crippen LogP contribution is -2.27. The molecule has 0 bridgehead atoms. The van der Waals surface area contributed by atoms with Crippen LogP contribution in [0.5, 0.6) is 0 Å². The Hall–Kier alpha value is -1.10. The molecule has 0 spiro atoms. The van der Waals surface area contributed by atoms with Gasteiger partial charge in [0.25, 0.3) is 0 Å². The van der Waals surface area contributed by atoms with Crippen LogP contribution in [0, 0.1) is 23.7 Å². The maximum absolute atomic E-state index is 10.9. The lowest BCUT2D eigenvalue weighted by Gasteiger charge is -2.38. The largest absolute Gasteiger partial charge is 0.481 e. The fourth-order valence-corrected chi connectivity index (χ4v) is 6.61. The fraction of sp³-hybridized carbons (Fsp3) is 0.929. The van der Waals surface area contributed by atoms with Crippen LogP contribution in [0.25, 0.3) is 0 Å². The SMILES string of the molecule is O=C(O)CC(CCC(O)CCCCCCCC(C1CCCCC1)C1CCCCC1)CC(=O)O. The van der Waals surface area contributed by atoms with Gasteiger partial charge in [0.15, 0.2) is 0 Å². The lowest BCUT2D eigenvalue weighted by molar-refractivity contribution is -0.140. The molecule has 0 aromatic carbocycles. The Morgan fingerprint density at radius 1 is 0.606 bits per heavy atom. The number of carboxylic acids is 2. The van der Waals surface area contributed by atoms with Crippen LogP contribution in [0.2, 0.25) is 0 Å². The van der Waals surface area contributed by atoms with Crippen LogP contribution < -0.4 is 0 Å². The third-order valence-electron chi connectivity index (χ3n) is 8.42. The molecule has 0 aromatic heterocycles. The predicted molar refractivity (Wildman–Crippen MR) is 132 cm³/mol. The van der Waals surface area contributed by atoms with Gasteiger partial charge in [-0.25, -0.2) is 0 Å². The van der Waals surface area contributed by atoms with E-state index in [4.69, 9.17) is 10.2 Å². The van der Waals surface area contributed by atoms with Crippen LogP contribution in [0.15, 0.2) is 0 Å². The van der Waals surface area contributed by atoms with Crippen molar-refractivity contribution in [3.05, 3.63) is 0 Å². The third kappa shape index (κ3) is 12.2. The van der Waals surface area contributed by atoms with Crippen molar-refractivity contribution in [3.63, 3.8) is 0 Å². The number of carboxylic acid groups (broad SMARTS) is 2. The van der Waals surface area contributed by atoms with E-state index in [0.29, 0.717) is 12.8 Å². The first kappa shape index (κ1) is 28.1. The van der Waals surface area contributed by atoms with E-state index in [0.717, 1.165) is 37.0 Å². The second-order valence-electron chi connectivity index (χ2n) is 11.1. The van der Waals surface area contributed by atoms with Crippen molar-refractivity contribution in [2.75, 3.05) is 0 Å². The summed E-state index contributed by atoms with van der Waals surface area (Å²) in [5, 5.41) is 28.1. The number of unbranched alkanes of at least 4 members (excludes halogenated alkanes) is 4. The number of hydrogen-bond donors (Lipinski definition) is 3. The lowest BCUT2D eigenvalue weighted by atomic mass is 9.68. The molecule has 0 aliphatic heterocycles. The van der Waals surface area contributed by atoms with E-state index in [1.54, 1.807) is 0 Å². The normalized spacial score (nSPS) is 19.2. The number of aliphatic hydroxyl groups excluding tert-OH is 1. The average molecular weight is 467 g/mol. The third-order valence-corrected chi connectivity index (χ3v) is 8.42. The van der Waals surface area contributed by atoms with Crippen LogP contribution in [0.1, 0.15) is 135 Å². The van der Waals surface area contributed by atoms with Crippen molar-refractivity contribution in [3.8, 4) is 0 Å². The molecule has 2 saturated carbocycles. The molecule has 0 aromatic rings. The van der Waals surface area contributed by atoms with Crippen LogP contribution in [-0.4, -0.2) is 33.4 Å². The number of aliphatic carboxylic acids is 2. The van der Waals surface area contributed by atoms with E-state index < -0.39 is 24.0 Å². The first-order chi connectivity index (χ1) is 16.0. The van der Waals surface area contributed by atoms with Gasteiger partial charge in [0.2, 0.25) is 0 Å². The molecule has 1 atom stereocenters. The molecule has 2 rings (SSSR count). The van der Waals surface area contributed by atoms with E-state index >= 15 is 0 Å². The second kappa shape index (κ2) is 16.5. The van der Waals surface area contributed by atoms with Crippen molar-refractivity contribution in [1.82, 2.24) is 0 Å². The first-order valence-electron chi connectivity index (χ1n) is 14.1. The Balaban J connectivity index is 1.57. The van der Waals surface area contributed by atoms with Crippen LogP contribution in [-0.2, 0) is 9.59 Å². The zero-order valence-electron chi connectivity index (χ0n) is 20.9. The molecule has 5 nitrogen and oxygen atoms in total. The maximum Gasteiger partial charge on any atom is 0.303 e. The molecular formula is C28H50O5. The van der Waals surface area contributed by atoms with Crippen molar-refractivity contribution < 1.29 is 24.9 Å². The molecule has 192 valence electrons. The van der Waals surface area contributed by atoms with Gasteiger partial charge in [0.1, 0.15) is 0 Å². The highest BCUT2D eigenvalue weighted by atomic mass is 16.4. The Morgan fingerprint density at radius 2 is 1.06 bits per heavy atom. The molecule has 5 heteroatoms. The van der Waals surface area contributed by atoms with Crippen molar-refractivity contribution in [2.45, 2.75) is 141 Å². The van der Waals surface area contributed by atoms with E-state index in [2.05, 4.69) is 0 Å². The molecule has 33 heavy (non-hydrogen) atoms. The van der Waals surface area contributed by atoms with Gasteiger partial charge in [-0.1, -0.05) is 96.3 Å². The van der Waals surface area contributed by atoms with Gasteiger partial charge >= 0.3 is 11.9 Å². The second-order valence-corrected chi connectivity index (χ2v) is 11.1. The fourth-order valence-electron chi connectivity index (χ4n) is 6.61. The number of aliphatic hydroxyl groups is 1. The highest BCUT2D eigenvalue weighted by molar-refractivity contribution is 5.70. The Labute approximate surface area is 201 Å². The number of carbonyl (C=O) groups is 2. The monoisotopic (exact) mass is 466 g/mol. The molecule has 2 aliphatic rings. The maximum atomic E-state index is 10.9. The van der Waals surface area contributed by atoms with Gasteiger partial charge < -0.3 is 15.3 Å². The summed E-state index contributed by atoms with van der Waals surface area (Å²) >= 11 is 0. The minimum atomic E-state index is -0.968.